The lowest BCUT2D eigenvalue weighted by atomic mass is 10.2. The maximum atomic E-state index is 10.0. The molecule has 0 bridgehead atoms. The van der Waals surface area contributed by atoms with Gasteiger partial charge < -0.3 is 9.78 Å². The van der Waals surface area contributed by atoms with Crippen molar-refractivity contribution in [3.05, 3.63) is 36.0 Å². The van der Waals surface area contributed by atoms with Crippen molar-refractivity contribution >= 4 is 17.2 Å². The summed E-state index contributed by atoms with van der Waals surface area (Å²) in [5.74, 6) is 0. The monoisotopic (exact) mass is 203 g/mol. The molecule has 0 spiro atoms. The smallest absolute Gasteiger partial charge is 0.135 e. The summed E-state index contributed by atoms with van der Waals surface area (Å²) in [6, 6.07) is 8.26. The lowest BCUT2D eigenvalue weighted by Gasteiger charge is -2.04. The van der Waals surface area contributed by atoms with Crippen LogP contribution < -0.4 is 10.9 Å². The van der Waals surface area contributed by atoms with E-state index in [1.54, 1.807) is 0 Å². The third-order valence-corrected chi connectivity index (χ3v) is 2.22. The molecule has 3 N–H and O–H groups in total. The van der Waals surface area contributed by atoms with E-state index in [0.717, 1.165) is 11.8 Å². The van der Waals surface area contributed by atoms with E-state index in [2.05, 4.69) is 34.0 Å². The van der Waals surface area contributed by atoms with Crippen LogP contribution in [0.5, 0.6) is 0 Å². The Balaban J connectivity index is 1.98. The summed E-state index contributed by atoms with van der Waals surface area (Å²) in [5, 5.41) is 1.21. The topological polar surface area (TPSA) is 56.9 Å². The number of rotatable bonds is 5. The van der Waals surface area contributed by atoms with E-state index < -0.39 is 0 Å². The Kier molecular flexibility index (Phi) is 3.11. The molecular weight excluding hydrogens is 190 g/mol. The summed E-state index contributed by atoms with van der Waals surface area (Å²) < 4.78 is 0. The maximum Gasteiger partial charge on any atom is 0.135 e. The van der Waals surface area contributed by atoms with Crippen LogP contribution in [0.2, 0.25) is 0 Å². The zero-order valence-corrected chi connectivity index (χ0v) is 8.29. The summed E-state index contributed by atoms with van der Waals surface area (Å²) in [5.41, 5.74) is 8.06. The fraction of sp³-hybridized carbons (Fsp3) is 0.182. The van der Waals surface area contributed by atoms with E-state index >= 15 is 0 Å². The Morgan fingerprint density at radius 1 is 1.27 bits per heavy atom. The molecule has 1 aromatic carbocycles. The number of aromatic amines is 1. The van der Waals surface area contributed by atoms with Crippen molar-refractivity contribution in [3.63, 3.8) is 0 Å². The van der Waals surface area contributed by atoms with Crippen LogP contribution in [-0.4, -0.2) is 17.8 Å². The fourth-order valence-corrected chi connectivity index (χ4v) is 1.48. The van der Waals surface area contributed by atoms with Gasteiger partial charge >= 0.3 is 0 Å². The molecule has 1 heterocycles. The number of carbonyl (C=O) groups excluding carboxylic acids is 1. The number of benzene rings is 1. The molecule has 0 saturated heterocycles. The molecule has 1 aromatic heterocycles. The van der Waals surface area contributed by atoms with Crippen molar-refractivity contribution < 1.29 is 4.79 Å². The van der Waals surface area contributed by atoms with Crippen LogP contribution in [-0.2, 0) is 11.3 Å². The van der Waals surface area contributed by atoms with Gasteiger partial charge in [-0.15, -0.1) is 0 Å². The van der Waals surface area contributed by atoms with Gasteiger partial charge in [0, 0.05) is 18.3 Å². The third kappa shape index (κ3) is 2.43. The van der Waals surface area contributed by atoms with Gasteiger partial charge in [-0.05, 0) is 23.1 Å². The van der Waals surface area contributed by atoms with Crippen LogP contribution >= 0.6 is 0 Å². The zero-order chi connectivity index (χ0) is 10.5. The molecular formula is C11H13N3O. The average molecular weight is 203 g/mol. The molecule has 0 aliphatic heterocycles. The number of fused-ring (bicyclic) bond motifs is 1. The lowest BCUT2D eigenvalue weighted by Crippen LogP contribution is -2.32. The fourth-order valence-electron chi connectivity index (χ4n) is 1.48. The maximum absolute atomic E-state index is 10.0. The van der Waals surface area contributed by atoms with Crippen molar-refractivity contribution in [3.8, 4) is 0 Å². The number of aromatic nitrogens is 1. The summed E-state index contributed by atoms with van der Waals surface area (Å²) in [4.78, 5) is 13.2. The molecule has 0 radical (unpaired) electrons. The predicted octanol–water partition coefficient (Wildman–Crippen LogP) is 0.961. The standard InChI is InChI=1S/C11H13N3O/c15-6-5-13-14-8-9-1-2-10-3-4-12-11(10)7-9/h1-4,6-7,12-14H,5,8H2. The molecule has 0 amide bonds. The average Bonchev–Trinajstić information content (AvgIpc) is 2.71. The number of H-pyrrole nitrogens is 1. The SMILES string of the molecule is O=CCNNCc1ccc2cc[nH]c2c1. The summed E-state index contributed by atoms with van der Waals surface area (Å²) >= 11 is 0. The molecule has 15 heavy (non-hydrogen) atoms. The largest absolute Gasteiger partial charge is 0.361 e. The van der Waals surface area contributed by atoms with Crippen molar-refractivity contribution in [2.45, 2.75) is 6.54 Å². The van der Waals surface area contributed by atoms with Gasteiger partial charge in [-0.3, -0.25) is 10.9 Å². The van der Waals surface area contributed by atoms with Gasteiger partial charge in [-0.25, -0.2) is 0 Å². The Morgan fingerprint density at radius 3 is 3.07 bits per heavy atom. The number of hydrogen-bond acceptors (Lipinski definition) is 3. The van der Waals surface area contributed by atoms with Crippen LogP contribution in [0.25, 0.3) is 10.9 Å². The van der Waals surface area contributed by atoms with Crippen molar-refractivity contribution in [1.82, 2.24) is 15.8 Å². The summed E-state index contributed by atoms with van der Waals surface area (Å²) in [6.07, 6.45) is 2.74. The minimum atomic E-state index is 0.324. The molecule has 0 aliphatic carbocycles. The summed E-state index contributed by atoms with van der Waals surface area (Å²) in [7, 11) is 0. The Bertz CT molecular complexity index is 450. The van der Waals surface area contributed by atoms with Crippen LogP contribution in [0.1, 0.15) is 5.56 Å². The lowest BCUT2D eigenvalue weighted by molar-refractivity contribution is -0.107. The minimum absolute atomic E-state index is 0.324. The molecule has 0 fully saturated rings. The molecule has 0 saturated carbocycles. The highest BCUT2D eigenvalue weighted by Crippen LogP contribution is 2.13. The third-order valence-electron chi connectivity index (χ3n) is 2.22. The van der Waals surface area contributed by atoms with E-state index in [9.17, 15) is 4.79 Å². The molecule has 0 unspecified atom stereocenters. The molecule has 2 rings (SSSR count). The van der Waals surface area contributed by atoms with Crippen LogP contribution in [0.4, 0.5) is 0 Å². The minimum Gasteiger partial charge on any atom is -0.361 e. The van der Waals surface area contributed by atoms with Gasteiger partial charge in [0.15, 0.2) is 0 Å². The van der Waals surface area contributed by atoms with E-state index in [-0.39, 0.29) is 0 Å². The number of aldehydes is 1. The highest BCUT2D eigenvalue weighted by atomic mass is 16.1. The number of hydrogen-bond donors (Lipinski definition) is 3. The Labute approximate surface area is 87.6 Å². The van der Waals surface area contributed by atoms with Crippen molar-refractivity contribution in [1.29, 1.82) is 0 Å². The van der Waals surface area contributed by atoms with Crippen LogP contribution in [0.3, 0.4) is 0 Å². The first-order valence-corrected chi connectivity index (χ1v) is 4.85. The van der Waals surface area contributed by atoms with E-state index in [4.69, 9.17) is 0 Å². The van der Waals surface area contributed by atoms with Gasteiger partial charge in [0.1, 0.15) is 6.29 Å². The molecule has 4 nitrogen and oxygen atoms in total. The zero-order valence-electron chi connectivity index (χ0n) is 8.29. The first-order valence-electron chi connectivity index (χ1n) is 4.85. The van der Waals surface area contributed by atoms with Crippen LogP contribution in [0, 0.1) is 0 Å². The second-order valence-electron chi connectivity index (χ2n) is 3.30. The van der Waals surface area contributed by atoms with Crippen molar-refractivity contribution in [2.75, 3.05) is 6.54 Å². The summed E-state index contributed by atoms with van der Waals surface area (Å²) in [6.45, 7) is 1.02. The molecule has 2 aromatic rings. The van der Waals surface area contributed by atoms with Gasteiger partial charge in [-0.1, -0.05) is 12.1 Å². The highest BCUT2D eigenvalue weighted by Gasteiger charge is 1.96. The Hall–Kier alpha value is -1.65. The number of hydrazine groups is 1. The number of carbonyl (C=O) groups is 1. The van der Waals surface area contributed by atoms with E-state index in [1.165, 1.54) is 10.9 Å². The molecule has 0 atom stereocenters. The second kappa shape index (κ2) is 4.72. The van der Waals surface area contributed by atoms with Gasteiger partial charge in [0.2, 0.25) is 0 Å². The normalized spacial score (nSPS) is 10.7. The van der Waals surface area contributed by atoms with Gasteiger partial charge in [0.25, 0.3) is 0 Å². The molecule has 4 heteroatoms. The predicted molar refractivity (Wildman–Crippen MR) is 59.2 cm³/mol. The quantitative estimate of drug-likeness (QED) is 0.385. The van der Waals surface area contributed by atoms with E-state index in [0.29, 0.717) is 13.1 Å². The first kappa shape index (κ1) is 9.89. The van der Waals surface area contributed by atoms with Gasteiger partial charge in [-0.2, -0.15) is 0 Å². The molecule has 0 aliphatic rings. The van der Waals surface area contributed by atoms with Gasteiger partial charge in [0.05, 0.1) is 6.54 Å². The second-order valence-corrected chi connectivity index (χ2v) is 3.30. The first-order chi connectivity index (χ1) is 7.40. The molecule has 78 valence electrons. The highest BCUT2D eigenvalue weighted by molar-refractivity contribution is 5.79. The van der Waals surface area contributed by atoms with Crippen LogP contribution in [0.15, 0.2) is 30.5 Å². The van der Waals surface area contributed by atoms with E-state index in [1.807, 2.05) is 12.3 Å². The number of nitrogens with one attached hydrogen (secondary N) is 3. The Morgan fingerprint density at radius 2 is 2.20 bits per heavy atom. The van der Waals surface area contributed by atoms with Crippen molar-refractivity contribution in [2.24, 2.45) is 0 Å².